The largest absolute Gasteiger partial charge is 0.493 e. The minimum Gasteiger partial charge on any atom is -0.493 e. The van der Waals surface area contributed by atoms with E-state index in [0.29, 0.717) is 11.5 Å². The molecule has 1 aromatic rings. The van der Waals surface area contributed by atoms with Crippen LogP contribution in [0.3, 0.4) is 0 Å². The summed E-state index contributed by atoms with van der Waals surface area (Å²) in [4.78, 5) is 0. The van der Waals surface area contributed by atoms with E-state index in [9.17, 15) is 0 Å². The second-order valence-electron chi connectivity index (χ2n) is 3.84. The van der Waals surface area contributed by atoms with Crippen LogP contribution >= 0.6 is 0 Å². The van der Waals surface area contributed by atoms with E-state index in [0.717, 1.165) is 5.69 Å². The Morgan fingerprint density at radius 2 is 1.56 bits per heavy atom. The fourth-order valence-corrected chi connectivity index (χ4v) is 1.76. The molecule has 0 radical (unpaired) electrons. The van der Waals surface area contributed by atoms with E-state index < -0.39 is 0 Å². The van der Waals surface area contributed by atoms with Gasteiger partial charge in [-0.2, -0.15) is 0 Å². The third-order valence-electron chi connectivity index (χ3n) is 2.65. The molecule has 0 aliphatic heterocycles. The second kappa shape index (κ2) is 7.08. The van der Waals surface area contributed by atoms with Gasteiger partial charge in [0.15, 0.2) is 17.8 Å². The van der Waals surface area contributed by atoms with Gasteiger partial charge in [-0.25, -0.2) is 0 Å². The summed E-state index contributed by atoms with van der Waals surface area (Å²) in [5.41, 5.74) is 0.916. The predicted molar refractivity (Wildman–Crippen MR) is 70.4 cm³/mol. The van der Waals surface area contributed by atoms with Crippen molar-refractivity contribution in [3.05, 3.63) is 18.2 Å². The Kier molecular flexibility index (Phi) is 5.74. The molecule has 1 rings (SSSR count). The smallest absolute Gasteiger partial charge is 0.176 e. The summed E-state index contributed by atoms with van der Waals surface area (Å²) in [6.07, 6.45) is -0.307. The zero-order valence-electron chi connectivity index (χ0n) is 11.5. The summed E-state index contributed by atoms with van der Waals surface area (Å²) in [5, 5.41) is 3.28. The summed E-state index contributed by atoms with van der Waals surface area (Å²) in [6.45, 7) is 1.98. The van der Waals surface area contributed by atoms with E-state index in [1.54, 1.807) is 28.4 Å². The van der Waals surface area contributed by atoms with Crippen molar-refractivity contribution in [2.45, 2.75) is 19.3 Å². The molecular weight excluding hydrogens is 234 g/mol. The first kappa shape index (κ1) is 14.6. The van der Waals surface area contributed by atoms with Crippen LogP contribution in [0.15, 0.2) is 18.2 Å². The van der Waals surface area contributed by atoms with Crippen molar-refractivity contribution >= 4 is 5.69 Å². The van der Waals surface area contributed by atoms with Crippen molar-refractivity contribution in [2.75, 3.05) is 33.8 Å². The van der Waals surface area contributed by atoms with E-state index in [1.165, 1.54) is 0 Å². The highest BCUT2D eigenvalue weighted by Crippen LogP contribution is 2.30. The highest BCUT2D eigenvalue weighted by atomic mass is 16.7. The third-order valence-corrected chi connectivity index (χ3v) is 2.65. The molecule has 5 heteroatoms. The first-order valence-electron chi connectivity index (χ1n) is 5.70. The van der Waals surface area contributed by atoms with Crippen LogP contribution in [-0.2, 0) is 9.47 Å². The average Bonchev–Trinajstić information content (AvgIpc) is 2.40. The monoisotopic (exact) mass is 255 g/mol. The summed E-state index contributed by atoms with van der Waals surface area (Å²) >= 11 is 0. The van der Waals surface area contributed by atoms with Crippen LogP contribution in [0.5, 0.6) is 11.5 Å². The van der Waals surface area contributed by atoms with Crippen LogP contribution < -0.4 is 14.8 Å². The van der Waals surface area contributed by atoms with Gasteiger partial charge in [0.05, 0.1) is 20.3 Å². The quantitative estimate of drug-likeness (QED) is 0.756. The van der Waals surface area contributed by atoms with E-state index in [4.69, 9.17) is 18.9 Å². The van der Waals surface area contributed by atoms with E-state index in [2.05, 4.69) is 5.32 Å². The molecule has 0 bridgehead atoms. The molecule has 1 aromatic carbocycles. The number of ether oxygens (including phenoxy) is 4. The van der Waals surface area contributed by atoms with Crippen LogP contribution in [0, 0.1) is 0 Å². The van der Waals surface area contributed by atoms with E-state index in [-0.39, 0.29) is 12.3 Å². The average molecular weight is 255 g/mol. The normalized spacial score (nSPS) is 12.3. The van der Waals surface area contributed by atoms with Crippen molar-refractivity contribution in [1.29, 1.82) is 0 Å². The van der Waals surface area contributed by atoms with Crippen LogP contribution in [0.25, 0.3) is 0 Å². The molecule has 0 aliphatic carbocycles. The van der Waals surface area contributed by atoms with E-state index >= 15 is 0 Å². The van der Waals surface area contributed by atoms with Crippen LogP contribution in [-0.4, -0.2) is 40.8 Å². The second-order valence-corrected chi connectivity index (χ2v) is 3.84. The molecular formula is C13H21NO4. The molecule has 5 nitrogen and oxygen atoms in total. The van der Waals surface area contributed by atoms with Crippen LogP contribution in [0.2, 0.25) is 0 Å². The molecule has 1 atom stereocenters. The molecule has 1 N–H and O–H groups in total. The Morgan fingerprint density at radius 1 is 0.944 bits per heavy atom. The maximum atomic E-state index is 5.24. The highest BCUT2D eigenvalue weighted by Gasteiger charge is 2.16. The van der Waals surface area contributed by atoms with Gasteiger partial charge in [-0.1, -0.05) is 0 Å². The first-order chi connectivity index (χ1) is 8.65. The van der Waals surface area contributed by atoms with Gasteiger partial charge >= 0.3 is 0 Å². The number of benzene rings is 1. The molecule has 0 aliphatic rings. The number of hydrogen-bond acceptors (Lipinski definition) is 5. The van der Waals surface area contributed by atoms with Gasteiger partial charge in [0, 0.05) is 26.0 Å². The van der Waals surface area contributed by atoms with Crippen molar-refractivity contribution in [3.63, 3.8) is 0 Å². The van der Waals surface area contributed by atoms with Crippen molar-refractivity contribution in [2.24, 2.45) is 0 Å². The lowest BCUT2D eigenvalue weighted by Crippen LogP contribution is -2.33. The van der Waals surface area contributed by atoms with Crippen molar-refractivity contribution in [1.82, 2.24) is 0 Å². The maximum Gasteiger partial charge on any atom is 0.176 e. The first-order valence-corrected chi connectivity index (χ1v) is 5.70. The van der Waals surface area contributed by atoms with Gasteiger partial charge in [-0.3, -0.25) is 0 Å². The fraction of sp³-hybridized carbons (Fsp3) is 0.538. The Bertz CT molecular complexity index is 366. The van der Waals surface area contributed by atoms with Gasteiger partial charge in [0.1, 0.15) is 0 Å². The molecule has 0 fully saturated rings. The predicted octanol–water partition coefficient (Wildman–Crippen LogP) is 2.12. The van der Waals surface area contributed by atoms with Crippen molar-refractivity contribution in [3.8, 4) is 11.5 Å². The molecule has 1 unspecified atom stereocenters. The fourth-order valence-electron chi connectivity index (χ4n) is 1.76. The number of rotatable bonds is 7. The van der Waals surface area contributed by atoms with Crippen LogP contribution in [0.4, 0.5) is 5.69 Å². The highest BCUT2D eigenvalue weighted by molar-refractivity contribution is 5.55. The van der Waals surface area contributed by atoms with Gasteiger partial charge in [-0.05, 0) is 19.1 Å². The molecule has 0 saturated heterocycles. The summed E-state index contributed by atoms with van der Waals surface area (Å²) in [6, 6.07) is 5.65. The zero-order valence-corrected chi connectivity index (χ0v) is 11.5. The maximum absolute atomic E-state index is 5.24. The van der Waals surface area contributed by atoms with Crippen molar-refractivity contribution < 1.29 is 18.9 Å². The topological polar surface area (TPSA) is 49.0 Å². The van der Waals surface area contributed by atoms with Gasteiger partial charge in [0.2, 0.25) is 0 Å². The van der Waals surface area contributed by atoms with Gasteiger partial charge in [0.25, 0.3) is 0 Å². The molecule has 0 amide bonds. The van der Waals surface area contributed by atoms with Crippen LogP contribution in [0.1, 0.15) is 6.92 Å². The zero-order chi connectivity index (χ0) is 13.5. The molecule has 18 heavy (non-hydrogen) atoms. The molecule has 102 valence electrons. The lowest BCUT2D eigenvalue weighted by atomic mass is 10.2. The number of hydrogen-bond donors (Lipinski definition) is 1. The Morgan fingerprint density at radius 3 is 2.06 bits per heavy atom. The Balaban J connectivity index is 2.78. The number of nitrogens with one attached hydrogen (secondary N) is 1. The minimum atomic E-state index is -0.307. The summed E-state index contributed by atoms with van der Waals surface area (Å²) < 4.78 is 20.8. The summed E-state index contributed by atoms with van der Waals surface area (Å²) in [7, 11) is 6.44. The third kappa shape index (κ3) is 3.51. The minimum absolute atomic E-state index is 0.0121. The van der Waals surface area contributed by atoms with E-state index in [1.807, 2.05) is 25.1 Å². The lowest BCUT2D eigenvalue weighted by molar-refractivity contribution is -0.109. The number of methoxy groups -OCH3 is 4. The molecule has 0 heterocycles. The lowest BCUT2D eigenvalue weighted by Gasteiger charge is -2.23. The molecule has 0 spiro atoms. The Labute approximate surface area is 108 Å². The molecule has 0 aromatic heterocycles. The number of anilines is 1. The van der Waals surface area contributed by atoms with Gasteiger partial charge < -0.3 is 24.3 Å². The SMILES string of the molecule is COc1ccc(NC(C)C(OC)OC)cc1OC. The Hall–Kier alpha value is -1.46. The standard InChI is InChI=1S/C13H21NO4/c1-9(13(17-4)18-5)14-10-6-7-11(15-2)12(8-10)16-3/h6-9,13-14H,1-5H3. The molecule has 0 saturated carbocycles. The van der Waals surface area contributed by atoms with Gasteiger partial charge in [-0.15, -0.1) is 0 Å². The summed E-state index contributed by atoms with van der Waals surface area (Å²) in [5.74, 6) is 1.38.